The van der Waals surface area contributed by atoms with Crippen LogP contribution in [0.4, 0.5) is 4.39 Å². The molecule has 0 aliphatic heterocycles. The third kappa shape index (κ3) is 2.17. The number of aromatic nitrogens is 1. The van der Waals surface area contributed by atoms with Gasteiger partial charge in [0.1, 0.15) is 0 Å². The average molecular weight is 269 g/mol. The number of hydrogen-bond acceptors (Lipinski definition) is 4. The number of carboxylic acids is 1. The van der Waals surface area contributed by atoms with Gasteiger partial charge in [0.25, 0.3) is 0 Å². The van der Waals surface area contributed by atoms with Crippen LogP contribution in [-0.4, -0.2) is 30.2 Å². The Labute approximate surface area is 102 Å². The van der Waals surface area contributed by atoms with Gasteiger partial charge in [-0.3, -0.25) is 9.78 Å². The molecule has 0 unspecified atom stereocenters. The third-order valence-electron chi connectivity index (χ3n) is 2.35. The summed E-state index contributed by atoms with van der Waals surface area (Å²) in [5.74, 6) is -3.35. The van der Waals surface area contributed by atoms with E-state index in [1.54, 1.807) is 0 Å². The summed E-state index contributed by atoms with van der Waals surface area (Å²) in [7, 11) is -4.08. The fourth-order valence-corrected chi connectivity index (χ4v) is 2.95. The molecule has 18 heavy (non-hydrogen) atoms. The van der Waals surface area contributed by atoms with Gasteiger partial charge in [-0.25, -0.2) is 12.8 Å². The Morgan fingerprint density at radius 1 is 1.33 bits per heavy atom. The Balaban J connectivity index is 2.76. The van der Waals surface area contributed by atoms with E-state index in [0.717, 1.165) is 6.20 Å². The number of pyridine rings is 1. The summed E-state index contributed by atoms with van der Waals surface area (Å²) in [6, 6.07) is 4.10. The first-order chi connectivity index (χ1) is 8.42. The molecule has 0 saturated carbocycles. The normalized spacial score (nSPS) is 11.6. The molecule has 0 fully saturated rings. The molecule has 0 aliphatic rings. The molecular weight excluding hydrogens is 261 g/mol. The van der Waals surface area contributed by atoms with Gasteiger partial charge in [0.05, 0.1) is 11.1 Å². The summed E-state index contributed by atoms with van der Waals surface area (Å²) in [6.07, 6.45) is 2.21. The summed E-state index contributed by atoms with van der Waals surface area (Å²) < 4.78 is 37.3. The highest BCUT2D eigenvalue weighted by atomic mass is 32.2. The maximum Gasteiger partial charge on any atom is 0.319 e. The fourth-order valence-electron chi connectivity index (χ4n) is 1.66. The van der Waals surface area contributed by atoms with Crippen LogP contribution < -0.4 is 0 Å². The summed E-state index contributed by atoms with van der Waals surface area (Å²) in [5, 5.41) is 8.74. The predicted molar refractivity (Wildman–Crippen MR) is 61.4 cm³/mol. The number of halogens is 1. The molecule has 0 bridgehead atoms. The SMILES string of the molecule is O=C(O)CS(=O)(=O)c1cccc2cncc(F)c12. The fraction of sp³-hybridized carbons (Fsp3) is 0.0909. The highest BCUT2D eigenvalue weighted by Crippen LogP contribution is 2.25. The van der Waals surface area contributed by atoms with Crippen LogP contribution in [0.5, 0.6) is 0 Å². The van der Waals surface area contributed by atoms with Crippen LogP contribution in [-0.2, 0) is 14.6 Å². The second-order valence-corrected chi connectivity index (χ2v) is 5.59. The standard InChI is InChI=1S/C11H8FNO4S/c12-8-5-13-4-7-2-1-3-9(11(7)8)18(16,17)6-10(14)15/h1-5H,6H2,(H,14,15). The Kier molecular flexibility index (Phi) is 3.00. The molecule has 7 heteroatoms. The maximum absolute atomic E-state index is 13.6. The van der Waals surface area contributed by atoms with Gasteiger partial charge < -0.3 is 5.11 Å². The number of fused-ring (bicyclic) bond motifs is 1. The number of nitrogens with zero attached hydrogens (tertiary/aromatic N) is 1. The quantitative estimate of drug-likeness (QED) is 0.906. The minimum atomic E-state index is -4.08. The Morgan fingerprint density at radius 2 is 2.06 bits per heavy atom. The van der Waals surface area contributed by atoms with Crippen molar-refractivity contribution in [2.24, 2.45) is 0 Å². The van der Waals surface area contributed by atoms with Gasteiger partial charge in [-0.05, 0) is 6.07 Å². The first-order valence-electron chi connectivity index (χ1n) is 4.88. The van der Waals surface area contributed by atoms with Crippen LogP contribution in [0.2, 0.25) is 0 Å². The molecule has 1 heterocycles. The summed E-state index contributed by atoms with van der Waals surface area (Å²) >= 11 is 0. The Morgan fingerprint density at radius 3 is 2.72 bits per heavy atom. The zero-order valence-electron chi connectivity index (χ0n) is 9.00. The van der Waals surface area contributed by atoms with E-state index in [-0.39, 0.29) is 10.3 Å². The predicted octanol–water partition coefficient (Wildman–Crippen LogP) is 1.23. The number of sulfone groups is 1. The number of aliphatic carboxylic acids is 1. The molecule has 0 atom stereocenters. The van der Waals surface area contributed by atoms with Crippen LogP contribution in [0.25, 0.3) is 10.8 Å². The number of carbonyl (C=O) groups is 1. The Hall–Kier alpha value is -2.02. The minimum Gasteiger partial charge on any atom is -0.480 e. The highest BCUT2D eigenvalue weighted by molar-refractivity contribution is 7.92. The van der Waals surface area contributed by atoms with E-state index in [1.807, 2.05) is 0 Å². The van der Waals surface area contributed by atoms with Crippen LogP contribution in [0.1, 0.15) is 0 Å². The van der Waals surface area contributed by atoms with Crippen molar-refractivity contribution in [3.8, 4) is 0 Å². The smallest absolute Gasteiger partial charge is 0.319 e. The van der Waals surface area contributed by atoms with Gasteiger partial charge in [0, 0.05) is 17.0 Å². The molecule has 2 rings (SSSR count). The number of benzene rings is 1. The van der Waals surface area contributed by atoms with Crippen molar-refractivity contribution >= 4 is 26.6 Å². The second-order valence-electron chi connectivity index (χ2n) is 3.63. The average Bonchev–Trinajstić information content (AvgIpc) is 2.27. The van der Waals surface area contributed by atoms with E-state index < -0.39 is 27.4 Å². The van der Waals surface area contributed by atoms with Crippen molar-refractivity contribution in [3.05, 3.63) is 36.4 Å². The lowest BCUT2D eigenvalue weighted by Crippen LogP contribution is -2.15. The topological polar surface area (TPSA) is 84.3 Å². The largest absolute Gasteiger partial charge is 0.480 e. The molecule has 2 aromatic rings. The molecule has 0 radical (unpaired) electrons. The molecule has 1 N–H and O–H groups in total. The number of rotatable bonds is 3. The van der Waals surface area contributed by atoms with E-state index >= 15 is 0 Å². The van der Waals surface area contributed by atoms with Crippen LogP contribution in [0, 0.1) is 5.82 Å². The van der Waals surface area contributed by atoms with Crippen LogP contribution >= 0.6 is 0 Å². The van der Waals surface area contributed by atoms with E-state index in [4.69, 9.17) is 5.11 Å². The summed E-state index contributed by atoms with van der Waals surface area (Å²) in [5.41, 5.74) is 0. The minimum absolute atomic E-state index is 0.131. The summed E-state index contributed by atoms with van der Waals surface area (Å²) in [6.45, 7) is 0. The van der Waals surface area contributed by atoms with Gasteiger partial charge >= 0.3 is 5.97 Å². The van der Waals surface area contributed by atoms with Crippen molar-refractivity contribution in [3.63, 3.8) is 0 Å². The second kappa shape index (κ2) is 4.34. The van der Waals surface area contributed by atoms with Crippen molar-refractivity contribution in [2.75, 3.05) is 5.75 Å². The van der Waals surface area contributed by atoms with E-state index in [0.29, 0.717) is 5.39 Å². The van der Waals surface area contributed by atoms with Crippen LogP contribution in [0.15, 0.2) is 35.5 Å². The van der Waals surface area contributed by atoms with Crippen LogP contribution in [0.3, 0.4) is 0 Å². The zero-order chi connectivity index (χ0) is 13.3. The molecule has 0 aliphatic carbocycles. The summed E-state index contributed by atoms with van der Waals surface area (Å²) in [4.78, 5) is 13.8. The molecule has 0 amide bonds. The lowest BCUT2D eigenvalue weighted by atomic mass is 10.2. The van der Waals surface area contributed by atoms with Crippen molar-refractivity contribution in [1.82, 2.24) is 4.98 Å². The zero-order valence-corrected chi connectivity index (χ0v) is 9.82. The number of carboxylic acid groups (broad SMARTS) is 1. The first-order valence-corrected chi connectivity index (χ1v) is 6.54. The van der Waals surface area contributed by atoms with Crippen molar-refractivity contribution in [2.45, 2.75) is 4.90 Å². The van der Waals surface area contributed by atoms with Gasteiger partial charge in [-0.15, -0.1) is 0 Å². The molecule has 1 aromatic carbocycles. The van der Waals surface area contributed by atoms with Gasteiger partial charge in [0.2, 0.25) is 0 Å². The van der Waals surface area contributed by atoms with Gasteiger partial charge in [-0.1, -0.05) is 12.1 Å². The van der Waals surface area contributed by atoms with E-state index in [2.05, 4.69) is 4.98 Å². The van der Waals surface area contributed by atoms with Crippen molar-refractivity contribution < 1.29 is 22.7 Å². The van der Waals surface area contributed by atoms with Gasteiger partial charge in [0.15, 0.2) is 21.4 Å². The van der Waals surface area contributed by atoms with E-state index in [1.165, 1.54) is 24.4 Å². The first kappa shape index (κ1) is 12.4. The molecule has 1 aromatic heterocycles. The van der Waals surface area contributed by atoms with Gasteiger partial charge in [-0.2, -0.15) is 0 Å². The lowest BCUT2D eigenvalue weighted by Gasteiger charge is -2.06. The molecule has 0 spiro atoms. The van der Waals surface area contributed by atoms with E-state index in [9.17, 15) is 17.6 Å². The maximum atomic E-state index is 13.6. The lowest BCUT2D eigenvalue weighted by molar-refractivity contribution is -0.134. The molecule has 0 saturated heterocycles. The molecule has 5 nitrogen and oxygen atoms in total. The number of hydrogen-bond donors (Lipinski definition) is 1. The monoisotopic (exact) mass is 269 g/mol. The Bertz CT molecular complexity index is 722. The molecular formula is C11H8FNO4S. The van der Waals surface area contributed by atoms with Crippen molar-refractivity contribution in [1.29, 1.82) is 0 Å². The third-order valence-corrected chi connectivity index (χ3v) is 3.98. The molecule has 94 valence electrons. The highest BCUT2D eigenvalue weighted by Gasteiger charge is 2.22.